The summed E-state index contributed by atoms with van der Waals surface area (Å²) >= 11 is 0. The van der Waals surface area contributed by atoms with Crippen molar-refractivity contribution in [2.75, 3.05) is 31.6 Å². The van der Waals surface area contributed by atoms with Gasteiger partial charge >= 0.3 is 0 Å². The number of aliphatic hydroxyl groups excluding tert-OH is 1. The van der Waals surface area contributed by atoms with Crippen molar-refractivity contribution in [3.05, 3.63) is 29.3 Å². The molecule has 2 atom stereocenters. The van der Waals surface area contributed by atoms with Gasteiger partial charge in [0.15, 0.2) is 6.04 Å². The molecule has 1 unspecified atom stereocenters. The van der Waals surface area contributed by atoms with Crippen molar-refractivity contribution < 1.29 is 31.4 Å². The number of halogens is 1. The number of piperidine rings is 1. The molecule has 0 radical (unpaired) electrons. The van der Waals surface area contributed by atoms with E-state index >= 15 is 0 Å². The zero-order chi connectivity index (χ0) is 16.9. The number of anilines is 1. The van der Waals surface area contributed by atoms with Crippen LogP contribution in [-0.4, -0.2) is 47.8 Å². The number of rotatable bonds is 6. The molecular formula is C19H31BrN2O2. The van der Waals surface area contributed by atoms with Gasteiger partial charge in [0.2, 0.25) is 0 Å². The van der Waals surface area contributed by atoms with E-state index in [2.05, 4.69) is 12.2 Å². The normalized spacial score (nSPS) is 23.4. The maximum absolute atomic E-state index is 13.0. The number of hydrogen-bond donors (Lipinski definition) is 2. The van der Waals surface area contributed by atoms with Crippen LogP contribution in [-0.2, 0) is 4.79 Å². The van der Waals surface area contributed by atoms with Gasteiger partial charge in [-0.15, -0.1) is 0 Å². The lowest BCUT2D eigenvalue weighted by Gasteiger charge is -2.46. The topological polar surface area (TPSA) is 49.3 Å². The van der Waals surface area contributed by atoms with Gasteiger partial charge < -0.3 is 31.9 Å². The third kappa shape index (κ3) is 4.58. The number of nitrogens with zero attached hydrogens (tertiary/aromatic N) is 1. The zero-order valence-corrected chi connectivity index (χ0v) is 16.7. The number of carbonyl (C=O) groups is 1. The van der Waals surface area contributed by atoms with Crippen LogP contribution in [0.1, 0.15) is 43.7 Å². The molecule has 1 amide bonds. The monoisotopic (exact) mass is 398 g/mol. The summed E-state index contributed by atoms with van der Waals surface area (Å²) in [5, 5.41) is 12.7. The Labute approximate surface area is 156 Å². The summed E-state index contributed by atoms with van der Waals surface area (Å²) in [6.07, 6.45) is 4.19. The Bertz CT molecular complexity index is 516. The fourth-order valence-corrected chi connectivity index (χ4v) is 4.08. The summed E-state index contributed by atoms with van der Waals surface area (Å²) in [6.45, 7) is 9.01. The number of hydrogen-bond acceptors (Lipinski definition) is 2. The van der Waals surface area contributed by atoms with Gasteiger partial charge in [0.05, 0.1) is 19.7 Å². The van der Waals surface area contributed by atoms with Gasteiger partial charge in [-0.05, 0) is 44.2 Å². The number of benzene rings is 1. The van der Waals surface area contributed by atoms with Crippen LogP contribution < -0.4 is 22.3 Å². The van der Waals surface area contributed by atoms with Crippen LogP contribution in [0.2, 0.25) is 0 Å². The molecule has 0 bridgehead atoms. The summed E-state index contributed by atoms with van der Waals surface area (Å²) in [7, 11) is 0. The van der Waals surface area contributed by atoms with E-state index in [4.69, 9.17) is 0 Å². The van der Waals surface area contributed by atoms with Crippen LogP contribution >= 0.6 is 0 Å². The highest BCUT2D eigenvalue weighted by Crippen LogP contribution is 2.28. The number of amides is 1. The number of aliphatic hydroxyl groups is 1. The van der Waals surface area contributed by atoms with Gasteiger partial charge in [0.1, 0.15) is 6.54 Å². The van der Waals surface area contributed by atoms with Gasteiger partial charge in [0.25, 0.3) is 5.91 Å². The Morgan fingerprint density at radius 2 is 1.92 bits per heavy atom. The highest BCUT2D eigenvalue weighted by Gasteiger charge is 2.42. The lowest BCUT2D eigenvalue weighted by molar-refractivity contribution is -0.947. The molecule has 1 aromatic rings. The van der Waals surface area contributed by atoms with Gasteiger partial charge in [0, 0.05) is 12.1 Å². The smallest absolute Gasteiger partial charge is 0.282 e. The lowest BCUT2D eigenvalue weighted by atomic mass is 9.96. The molecule has 2 rings (SSSR count). The van der Waals surface area contributed by atoms with Crippen molar-refractivity contribution in [2.45, 2.75) is 52.5 Å². The second-order valence-electron chi connectivity index (χ2n) is 6.88. The molecule has 1 aliphatic heterocycles. The average molecular weight is 399 g/mol. The second kappa shape index (κ2) is 9.54. The van der Waals surface area contributed by atoms with Crippen LogP contribution in [0.4, 0.5) is 5.69 Å². The Balaban J connectivity index is 0.00000288. The first-order chi connectivity index (χ1) is 11.0. The van der Waals surface area contributed by atoms with Gasteiger partial charge in [-0.25, -0.2) is 0 Å². The molecule has 5 heteroatoms. The Morgan fingerprint density at radius 1 is 1.25 bits per heavy atom. The number of quaternary nitrogens is 1. The van der Waals surface area contributed by atoms with Crippen molar-refractivity contribution in [2.24, 2.45) is 0 Å². The molecule has 136 valence electrons. The van der Waals surface area contributed by atoms with Crippen molar-refractivity contribution in [3.63, 3.8) is 0 Å². The van der Waals surface area contributed by atoms with E-state index in [9.17, 15) is 9.90 Å². The van der Waals surface area contributed by atoms with E-state index in [-0.39, 0.29) is 35.5 Å². The molecular weight excluding hydrogens is 368 g/mol. The van der Waals surface area contributed by atoms with Crippen molar-refractivity contribution in [1.29, 1.82) is 0 Å². The minimum atomic E-state index is -0.0464. The fraction of sp³-hybridized carbons (Fsp3) is 0.632. The zero-order valence-electron chi connectivity index (χ0n) is 15.1. The summed E-state index contributed by atoms with van der Waals surface area (Å²) in [6, 6.07) is 6.04. The van der Waals surface area contributed by atoms with E-state index in [0.29, 0.717) is 6.54 Å². The van der Waals surface area contributed by atoms with E-state index in [0.717, 1.165) is 60.1 Å². The van der Waals surface area contributed by atoms with Gasteiger partial charge in [-0.2, -0.15) is 0 Å². The molecule has 0 saturated carbocycles. The first-order valence-corrected chi connectivity index (χ1v) is 8.88. The SMILES string of the molecule is CCC[N+]1(CCO)CCCC[C@H]1C(=O)Nc1c(C)cccc1C.[Br-]. The first-order valence-electron chi connectivity index (χ1n) is 8.88. The quantitative estimate of drug-likeness (QED) is 0.663. The summed E-state index contributed by atoms with van der Waals surface area (Å²) < 4.78 is 0.740. The Hall–Kier alpha value is -0.910. The molecule has 1 fully saturated rings. The van der Waals surface area contributed by atoms with Crippen LogP contribution in [0, 0.1) is 13.8 Å². The van der Waals surface area contributed by atoms with Crippen LogP contribution in [0.25, 0.3) is 0 Å². The molecule has 1 saturated heterocycles. The molecule has 24 heavy (non-hydrogen) atoms. The third-order valence-electron chi connectivity index (χ3n) is 5.24. The minimum absolute atomic E-state index is 0. The Kier molecular flexibility index (Phi) is 8.40. The number of para-hydroxylation sites is 1. The Morgan fingerprint density at radius 3 is 2.50 bits per heavy atom. The minimum Gasteiger partial charge on any atom is -1.00 e. The molecule has 1 heterocycles. The maximum atomic E-state index is 13.0. The van der Waals surface area contributed by atoms with E-state index in [1.807, 2.05) is 32.0 Å². The third-order valence-corrected chi connectivity index (χ3v) is 5.24. The summed E-state index contributed by atoms with van der Waals surface area (Å²) in [5.41, 5.74) is 3.15. The van der Waals surface area contributed by atoms with Crippen LogP contribution in [0.3, 0.4) is 0 Å². The number of aryl methyl sites for hydroxylation is 2. The molecule has 2 N–H and O–H groups in total. The average Bonchev–Trinajstić information content (AvgIpc) is 2.52. The van der Waals surface area contributed by atoms with Crippen molar-refractivity contribution >= 4 is 11.6 Å². The maximum Gasteiger partial charge on any atom is 0.282 e. The molecule has 4 nitrogen and oxygen atoms in total. The second-order valence-corrected chi connectivity index (χ2v) is 6.88. The lowest BCUT2D eigenvalue weighted by Crippen LogP contribution is -3.00. The highest BCUT2D eigenvalue weighted by atomic mass is 79.9. The van der Waals surface area contributed by atoms with E-state index in [1.54, 1.807) is 0 Å². The number of nitrogens with one attached hydrogen (secondary N) is 1. The van der Waals surface area contributed by atoms with Crippen LogP contribution in [0.15, 0.2) is 18.2 Å². The molecule has 1 aromatic carbocycles. The van der Waals surface area contributed by atoms with Crippen LogP contribution in [0.5, 0.6) is 0 Å². The van der Waals surface area contributed by atoms with Crippen molar-refractivity contribution in [1.82, 2.24) is 0 Å². The summed E-state index contributed by atoms with van der Waals surface area (Å²) in [4.78, 5) is 13.0. The van der Waals surface area contributed by atoms with E-state index in [1.165, 1.54) is 0 Å². The standard InChI is InChI=1S/C19H30N2O2.BrH/c1-4-11-21(13-14-22)12-6-5-10-17(21)19(23)20-18-15(2)8-7-9-16(18)3;/h7-9,17,22H,4-6,10-14H2,1-3H3;1H/t17-,21?;/m0./s1. The van der Waals surface area contributed by atoms with E-state index < -0.39 is 0 Å². The first kappa shape index (κ1) is 21.1. The summed E-state index contributed by atoms with van der Waals surface area (Å²) in [5.74, 6) is 0.115. The predicted octanol–water partition coefficient (Wildman–Crippen LogP) is 0.0175. The molecule has 0 spiro atoms. The predicted molar refractivity (Wildman–Crippen MR) is 94.4 cm³/mol. The fourth-order valence-electron chi connectivity index (χ4n) is 4.08. The van der Waals surface area contributed by atoms with Gasteiger partial charge in [-0.3, -0.25) is 4.79 Å². The van der Waals surface area contributed by atoms with Crippen molar-refractivity contribution in [3.8, 4) is 0 Å². The molecule has 0 aliphatic carbocycles. The number of likely N-dealkylation sites (tertiary alicyclic amines) is 1. The highest BCUT2D eigenvalue weighted by molar-refractivity contribution is 5.95. The molecule has 0 aromatic heterocycles. The largest absolute Gasteiger partial charge is 1.00 e. The van der Waals surface area contributed by atoms with Gasteiger partial charge in [-0.1, -0.05) is 25.1 Å². The molecule has 1 aliphatic rings. The number of carbonyl (C=O) groups excluding carboxylic acids is 1.